The fraction of sp³-hybridized carbons (Fsp3) is 0.385. The second kappa shape index (κ2) is 5.27. The van der Waals surface area contributed by atoms with Crippen molar-refractivity contribution in [2.75, 3.05) is 0 Å². The summed E-state index contributed by atoms with van der Waals surface area (Å²) in [6.07, 6.45) is 1.49. The number of hydrogen-bond acceptors (Lipinski definition) is 3. The van der Waals surface area contributed by atoms with Crippen molar-refractivity contribution in [1.82, 2.24) is 15.0 Å². The third kappa shape index (κ3) is 2.13. The van der Waals surface area contributed by atoms with Gasteiger partial charge in [0.25, 0.3) is 0 Å². The molecule has 0 amide bonds. The summed E-state index contributed by atoms with van der Waals surface area (Å²) in [5.41, 5.74) is 8.03. The maximum absolute atomic E-state index is 13.8. The maximum atomic E-state index is 13.8. The van der Waals surface area contributed by atoms with E-state index in [1.807, 2.05) is 13.8 Å². The van der Waals surface area contributed by atoms with Crippen molar-refractivity contribution in [3.63, 3.8) is 0 Å². The Balaban J connectivity index is 2.53. The first-order chi connectivity index (χ1) is 8.69. The molecule has 0 fully saturated rings. The summed E-state index contributed by atoms with van der Waals surface area (Å²) < 4.78 is 15.3. The second-order valence-electron chi connectivity index (χ2n) is 4.15. The SMILES string of the molecule is CCc1c(C(N)CC)nnn1-c1ccccc1F. The molecule has 18 heavy (non-hydrogen) atoms. The molecule has 0 aliphatic carbocycles. The Morgan fingerprint density at radius 3 is 2.67 bits per heavy atom. The van der Waals surface area contributed by atoms with E-state index in [9.17, 15) is 4.39 Å². The van der Waals surface area contributed by atoms with Crippen LogP contribution in [0.5, 0.6) is 0 Å². The van der Waals surface area contributed by atoms with E-state index >= 15 is 0 Å². The van der Waals surface area contributed by atoms with Crippen LogP contribution in [0.2, 0.25) is 0 Å². The number of para-hydroxylation sites is 1. The Morgan fingerprint density at radius 1 is 1.33 bits per heavy atom. The minimum Gasteiger partial charge on any atom is -0.323 e. The minimum absolute atomic E-state index is 0.152. The van der Waals surface area contributed by atoms with Crippen molar-refractivity contribution in [1.29, 1.82) is 0 Å². The summed E-state index contributed by atoms with van der Waals surface area (Å²) in [7, 11) is 0. The molecule has 0 saturated carbocycles. The zero-order valence-corrected chi connectivity index (χ0v) is 10.6. The van der Waals surface area contributed by atoms with Crippen LogP contribution >= 0.6 is 0 Å². The maximum Gasteiger partial charge on any atom is 0.148 e. The number of hydrogen-bond donors (Lipinski definition) is 1. The number of benzene rings is 1. The molecule has 0 aliphatic rings. The summed E-state index contributed by atoms with van der Waals surface area (Å²) >= 11 is 0. The van der Waals surface area contributed by atoms with E-state index in [-0.39, 0.29) is 11.9 Å². The molecule has 2 aromatic rings. The fourth-order valence-corrected chi connectivity index (χ4v) is 1.94. The quantitative estimate of drug-likeness (QED) is 0.903. The van der Waals surface area contributed by atoms with Crippen LogP contribution in [0.4, 0.5) is 4.39 Å². The van der Waals surface area contributed by atoms with Gasteiger partial charge in [0.1, 0.15) is 17.2 Å². The standard InChI is InChI=1S/C13H17FN4/c1-3-10(15)13-11(4-2)18(17-16-13)12-8-6-5-7-9(12)14/h5-8,10H,3-4,15H2,1-2H3. The first-order valence-corrected chi connectivity index (χ1v) is 6.14. The Morgan fingerprint density at radius 2 is 2.06 bits per heavy atom. The van der Waals surface area contributed by atoms with E-state index in [1.165, 1.54) is 6.07 Å². The Bertz CT molecular complexity index is 536. The van der Waals surface area contributed by atoms with Gasteiger partial charge in [-0.2, -0.15) is 0 Å². The van der Waals surface area contributed by atoms with Gasteiger partial charge in [-0.1, -0.05) is 31.2 Å². The average molecular weight is 248 g/mol. The fourth-order valence-electron chi connectivity index (χ4n) is 1.94. The summed E-state index contributed by atoms with van der Waals surface area (Å²) in [5, 5.41) is 8.13. The van der Waals surface area contributed by atoms with E-state index < -0.39 is 0 Å². The van der Waals surface area contributed by atoms with Crippen LogP contribution in [-0.4, -0.2) is 15.0 Å². The van der Waals surface area contributed by atoms with Gasteiger partial charge in [0, 0.05) is 0 Å². The molecule has 0 bridgehead atoms. The molecule has 0 aliphatic heterocycles. The Labute approximate surface area is 106 Å². The molecular formula is C13H17FN4. The van der Waals surface area contributed by atoms with Crippen LogP contribution in [-0.2, 0) is 6.42 Å². The topological polar surface area (TPSA) is 56.7 Å². The normalized spacial score (nSPS) is 12.7. The van der Waals surface area contributed by atoms with Gasteiger partial charge in [-0.3, -0.25) is 0 Å². The molecular weight excluding hydrogens is 231 g/mol. The minimum atomic E-state index is -0.311. The molecule has 4 nitrogen and oxygen atoms in total. The number of rotatable bonds is 4. The summed E-state index contributed by atoms with van der Waals surface area (Å²) in [5.74, 6) is -0.311. The molecule has 1 aromatic heterocycles. The van der Waals surface area contributed by atoms with Crippen LogP contribution in [0.15, 0.2) is 24.3 Å². The van der Waals surface area contributed by atoms with Crippen LogP contribution in [0.25, 0.3) is 5.69 Å². The zero-order chi connectivity index (χ0) is 13.1. The molecule has 1 atom stereocenters. The van der Waals surface area contributed by atoms with Crippen LogP contribution < -0.4 is 5.73 Å². The summed E-state index contributed by atoms with van der Waals surface area (Å²) in [4.78, 5) is 0. The summed E-state index contributed by atoms with van der Waals surface area (Å²) in [6, 6.07) is 6.37. The number of nitrogens with zero attached hydrogens (tertiary/aromatic N) is 3. The van der Waals surface area contributed by atoms with Crippen LogP contribution in [0, 0.1) is 5.82 Å². The summed E-state index contributed by atoms with van der Waals surface area (Å²) in [6.45, 7) is 3.98. The zero-order valence-electron chi connectivity index (χ0n) is 10.6. The lowest BCUT2D eigenvalue weighted by atomic mass is 10.1. The van der Waals surface area contributed by atoms with Crippen molar-refractivity contribution >= 4 is 0 Å². The predicted octanol–water partition coefficient (Wildman–Crippen LogP) is 2.38. The van der Waals surface area contributed by atoms with E-state index in [4.69, 9.17) is 5.73 Å². The van der Waals surface area contributed by atoms with Crippen LogP contribution in [0.1, 0.15) is 37.7 Å². The van der Waals surface area contributed by atoms with Gasteiger partial charge in [-0.25, -0.2) is 9.07 Å². The lowest BCUT2D eigenvalue weighted by Gasteiger charge is -2.09. The third-order valence-corrected chi connectivity index (χ3v) is 3.00. The van der Waals surface area contributed by atoms with E-state index in [0.29, 0.717) is 12.1 Å². The highest BCUT2D eigenvalue weighted by Crippen LogP contribution is 2.21. The first-order valence-electron chi connectivity index (χ1n) is 6.14. The van der Waals surface area contributed by atoms with Gasteiger partial charge in [0.2, 0.25) is 0 Å². The second-order valence-corrected chi connectivity index (χ2v) is 4.15. The van der Waals surface area contributed by atoms with Crippen molar-refractivity contribution in [3.05, 3.63) is 41.5 Å². The third-order valence-electron chi connectivity index (χ3n) is 3.00. The van der Waals surface area contributed by atoms with Crippen molar-refractivity contribution in [3.8, 4) is 5.69 Å². The number of halogens is 1. The van der Waals surface area contributed by atoms with Crippen LogP contribution in [0.3, 0.4) is 0 Å². The largest absolute Gasteiger partial charge is 0.323 e. The Kier molecular flexibility index (Phi) is 3.72. The monoisotopic (exact) mass is 248 g/mol. The smallest absolute Gasteiger partial charge is 0.148 e. The molecule has 2 N–H and O–H groups in total. The average Bonchev–Trinajstić information content (AvgIpc) is 2.81. The molecule has 2 rings (SSSR count). The van der Waals surface area contributed by atoms with E-state index in [2.05, 4.69) is 10.3 Å². The molecule has 1 heterocycles. The van der Waals surface area contributed by atoms with E-state index in [1.54, 1.807) is 22.9 Å². The molecule has 1 unspecified atom stereocenters. The first kappa shape index (κ1) is 12.7. The van der Waals surface area contributed by atoms with Gasteiger partial charge in [0.05, 0.1) is 11.7 Å². The van der Waals surface area contributed by atoms with Crippen molar-refractivity contribution in [2.24, 2.45) is 5.73 Å². The highest BCUT2D eigenvalue weighted by Gasteiger charge is 2.18. The van der Waals surface area contributed by atoms with E-state index in [0.717, 1.165) is 17.8 Å². The highest BCUT2D eigenvalue weighted by molar-refractivity contribution is 5.35. The van der Waals surface area contributed by atoms with Gasteiger partial charge >= 0.3 is 0 Å². The predicted molar refractivity (Wildman–Crippen MR) is 67.9 cm³/mol. The molecule has 0 saturated heterocycles. The molecule has 1 aromatic carbocycles. The Hall–Kier alpha value is -1.75. The number of nitrogens with two attached hydrogens (primary N) is 1. The van der Waals surface area contributed by atoms with Gasteiger partial charge < -0.3 is 5.73 Å². The van der Waals surface area contributed by atoms with Crippen molar-refractivity contribution in [2.45, 2.75) is 32.7 Å². The van der Waals surface area contributed by atoms with Gasteiger partial charge in [0.15, 0.2) is 0 Å². The van der Waals surface area contributed by atoms with Gasteiger partial charge in [-0.05, 0) is 25.0 Å². The molecule has 96 valence electrons. The van der Waals surface area contributed by atoms with Crippen molar-refractivity contribution < 1.29 is 4.39 Å². The molecule has 0 radical (unpaired) electrons. The highest BCUT2D eigenvalue weighted by atomic mass is 19.1. The lowest BCUT2D eigenvalue weighted by molar-refractivity contribution is 0.603. The number of aromatic nitrogens is 3. The lowest BCUT2D eigenvalue weighted by Crippen LogP contribution is -2.12. The molecule has 5 heteroatoms. The molecule has 0 spiro atoms. The van der Waals surface area contributed by atoms with Gasteiger partial charge in [-0.15, -0.1) is 5.10 Å².